The molecule has 1 saturated heterocycles. The van der Waals surface area contributed by atoms with Crippen LogP contribution < -0.4 is 5.73 Å². The predicted molar refractivity (Wildman–Crippen MR) is 155 cm³/mol. The highest BCUT2D eigenvalue weighted by Crippen LogP contribution is 2.34. The monoisotopic (exact) mass is 545 g/mol. The summed E-state index contributed by atoms with van der Waals surface area (Å²) in [5.41, 5.74) is 9.12. The lowest BCUT2D eigenvalue weighted by Gasteiger charge is -2.42. The van der Waals surface area contributed by atoms with Crippen molar-refractivity contribution < 1.29 is 19.8 Å². The molecule has 9 heteroatoms. The molecule has 2 atom stereocenters. The Labute approximate surface area is 235 Å². The molecule has 3 aromatic rings. The van der Waals surface area contributed by atoms with Gasteiger partial charge in [0, 0.05) is 36.5 Å². The molecule has 0 radical (unpaired) electrons. The lowest BCUT2D eigenvalue weighted by Crippen LogP contribution is -2.59. The summed E-state index contributed by atoms with van der Waals surface area (Å²) < 4.78 is 0. The number of hydrogen-bond donors (Lipinski definition) is 3. The van der Waals surface area contributed by atoms with Crippen molar-refractivity contribution in [3.8, 4) is 17.0 Å². The van der Waals surface area contributed by atoms with E-state index in [1.54, 1.807) is 31.7 Å². The third-order valence-corrected chi connectivity index (χ3v) is 7.46. The SMILES string of the molecule is CCc1ccc(O)c(-c2cc(C3CCCN(C(=O)[C@@H](Cc4ccccc4)N(C(=O)O)C(C)(C)C)C3)nc(N)n2)c1. The summed E-state index contributed by atoms with van der Waals surface area (Å²) in [4.78, 5) is 38.4. The second-order valence-corrected chi connectivity index (χ2v) is 11.4. The van der Waals surface area contributed by atoms with E-state index in [2.05, 4.69) is 9.97 Å². The van der Waals surface area contributed by atoms with E-state index in [1.165, 1.54) is 4.90 Å². The predicted octanol–water partition coefficient (Wildman–Crippen LogP) is 5.09. The van der Waals surface area contributed by atoms with Crippen molar-refractivity contribution in [2.45, 2.75) is 70.9 Å². The molecule has 1 unspecified atom stereocenters. The van der Waals surface area contributed by atoms with Gasteiger partial charge in [0.05, 0.1) is 11.4 Å². The third kappa shape index (κ3) is 6.52. The minimum absolute atomic E-state index is 0.101. The number of hydrogen-bond acceptors (Lipinski definition) is 6. The highest BCUT2D eigenvalue weighted by Gasteiger charge is 2.40. The molecule has 0 spiro atoms. The Morgan fingerprint density at radius 3 is 2.48 bits per heavy atom. The Hall–Kier alpha value is -4.14. The minimum atomic E-state index is -1.13. The maximum Gasteiger partial charge on any atom is 0.408 e. The van der Waals surface area contributed by atoms with E-state index in [0.717, 1.165) is 30.4 Å². The third-order valence-electron chi connectivity index (χ3n) is 7.46. The molecule has 0 saturated carbocycles. The van der Waals surface area contributed by atoms with Crippen molar-refractivity contribution in [2.24, 2.45) is 0 Å². The van der Waals surface area contributed by atoms with Crippen LogP contribution in [0.2, 0.25) is 0 Å². The van der Waals surface area contributed by atoms with Crippen molar-refractivity contribution in [1.29, 1.82) is 0 Å². The van der Waals surface area contributed by atoms with Crippen LogP contribution in [0.3, 0.4) is 0 Å². The first-order chi connectivity index (χ1) is 19.0. The molecule has 1 aliphatic heterocycles. The van der Waals surface area contributed by atoms with Crippen molar-refractivity contribution >= 4 is 17.9 Å². The van der Waals surface area contributed by atoms with E-state index in [-0.39, 0.29) is 29.9 Å². The zero-order valence-electron chi connectivity index (χ0n) is 23.7. The van der Waals surface area contributed by atoms with Crippen LogP contribution in [0, 0.1) is 0 Å². The summed E-state index contributed by atoms with van der Waals surface area (Å²) in [5.74, 6) is -0.115. The average Bonchev–Trinajstić information content (AvgIpc) is 2.92. The molecule has 2 amide bonds. The Bertz CT molecular complexity index is 1360. The van der Waals surface area contributed by atoms with E-state index < -0.39 is 17.7 Å². The molecule has 2 heterocycles. The number of aryl methyl sites for hydroxylation is 1. The number of anilines is 1. The summed E-state index contributed by atoms with van der Waals surface area (Å²) >= 11 is 0. The van der Waals surface area contributed by atoms with Gasteiger partial charge in [0.2, 0.25) is 11.9 Å². The number of piperidine rings is 1. The van der Waals surface area contributed by atoms with Crippen LogP contribution in [0.5, 0.6) is 5.75 Å². The van der Waals surface area contributed by atoms with Gasteiger partial charge in [-0.3, -0.25) is 9.69 Å². The lowest BCUT2D eigenvalue weighted by molar-refractivity contribution is -0.139. The standard InChI is InChI=1S/C31H39N5O4/c1-5-20-13-14-27(37)23(16-20)25-18-24(33-29(32)34-25)22-12-9-15-35(19-22)28(38)26(17-21-10-7-6-8-11-21)36(30(39)40)31(2,3)4/h6-8,10-11,13-14,16,18,22,26,37H,5,9,12,15,17,19H2,1-4H3,(H,39,40)(H2,32,33,34)/t22?,26-/m1/s1. The van der Waals surface area contributed by atoms with Crippen molar-refractivity contribution in [2.75, 3.05) is 18.8 Å². The topological polar surface area (TPSA) is 133 Å². The molecule has 212 valence electrons. The van der Waals surface area contributed by atoms with E-state index in [1.807, 2.05) is 55.5 Å². The molecule has 1 aliphatic rings. The number of benzene rings is 2. The van der Waals surface area contributed by atoms with Gasteiger partial charge in [0.15, 0.2) is 0 Å². The maximum atomic E-state index is 14.1. The summed E-state index contributed by atoms with van der Waals surface area (Å²) in [6.07, 6.45) is 1.51. The van der Waals surface area contributed by atoms with E-state index in [4.69, 9.17) is 5.73 Å². The number of rotatable bonds is 7. The Balaban J connectivity index is 1.64. The van der Waals surface area contributed by atoms with Crippen LogP contribution in [0.25, 0.3) is 11.3 Å². The maximum absolute atomic E-state index is 14.1. The first-order valence-corrected chi connectivity index (χ1v) is 13.8. The number of carbonyl (C=O) groups is 2. The minimum Gasteiger partial charge on any atom is -0.507 e. The van der Waals surface area contributed by atoms with Gasteiger partial charge in [-0.25, -0.2) is 14.8 Å². The first-order valence-electron chi connectivity index (χ1n) is 13.8. The molecule has 1 fully saturated rings. The molecule has 4 rings (SSSR count). The fourth-order valence-corrected chi connectivity index (χ4v) is 5.48. The van der Waals surface area contributed by atoms with Gasteiger partial charge < -0.3 is 20.8 Å². The second-order valence-electron chi connectivity index (χ2n) is 11.4. The summed E-state index contributed by atoms with van der Waals surface area (Å²) in [6, 6.07) is 15.9. The van der Waals surface area contributed by atoms with Crippen molar-refractivity contribution in [1.82, 2.24) is 19.8 Å². The number of phenolic OH excluding ortho intramolecular Hbond substituents is 1. The quantitative estimate of drug-likeness (QED) is 0.377. The van der Waals surface area contributed by atoms with Gasteiger partial charge in [-0.15, -0.1) is 0 Å². The van der Waals surface area contributed by atoms with Gasteiger partial charge in [-0.05, 0) is 69.4 Å². The molecular weight excluding hydrogens is 506 g/mol. The fraction of sp³-hybridized carbons (Fsp3) is 0.419. The fourth-order valence-electron chi connectivity index (χ4n) is 5.48. The smallest absolute Gasteiger partial charge is 0.408 e. The molecule has 0 aliphatic carbocycles. The van der Waals surface area contributed by atoms with E-state index >= 15 is 0 Å². The van der Waals surface area contributed by atoms with Crippen LogP contribution in [0.4, 0.5) is 10.7 Å². The van der Waals surface area contributed by atoms with Gasteiger partial charge in [0.25, 0.3) is 0 Å². The van der Waals surface area contributed by atoms with Crippen LogP contribution in [-0.2, 0) is 17.6 Å². The van der Waals surface area contributed by atoms with Gasteiger partial charge >= 0.3 is 6.09 Å². The number of likely N-dealkylation sites (tertiary alicyclic amines) is 1. The number of aromatic nitrogens is 2. The summed E-state index contributed by atoms with van der Waals surface area (Å²) in [7, 11) is 0. The molecule has 9 nitrogen and oxygen atoms in total. The normalized spacial score (nSPS) is 16.4. The highest BCUT2D eigenvalue weighted by molar-refractivity contribution is 5.86. The summed E-state index contributed by atoms with van der Waals surface area (Å²) in [6.45, 7) is 8.38. The Morgan fingerprint density at radius 2 is 1.82 bits per heavy atom. The zero-order valence-corrected chi connectivity index (χ0v) is 23.7. The highest BCUT2D eigenvalue weighted by atomic mass is 16.4. The van der Waals surface area contributed by atoms with Crippen LogP contribution in [-0.4, -0.2) is 66.7 Å². The summed E-state index contributed by atoms with van der Waals surface area (Å²) in [5, 5.41) is 20.7. The number of phenols is 1. The number of aromatic hydroxyl groups is 1. The lowest BCUT2D eigenvalue weighted by atomic mass is 9.91. The van der Waals surface area contributed by atoms with Crippen LogP contribution in [0.1, 0.15) is 63.3 Å². The molecule has 0 bridgehead atoms. The molecule has 4 N–H and O–H groups in total. The Kier molecular flexibility index (Phi) is 8.61. The van der Waals surface area contributed by atoms with Crippen LogP contribution in [0.15, 0.2) is 54.6 Å². The van der Waals surface area contributed by atoms with E-state index in [9.17, 15) is 19.8 Å². The van der Waals surface area contributed by atoms with E-state index in [0.29, 0.717) is 30.0 Å². The molecule has 40 heavy (non-hydrogen) atoms. The number of carboxylic acid groups (broad SMARTS) is 1. The van der Waals surface area contributed by atoms with Gasteiger partial charge in [0.1, 0.15) is 11.8 Å². The molecular formula is C31H39N5O4. The van der Waals surface area contributed by atoms with Gasteiger partial charge in [-0.2, -0.15) is 0 Å². The van der Waals surface area contributed by atoms with Gasteiger partial charge in [-0.1, -0.05) is 43.3 Å². The zero-order chi connectivity index (χ0) is 29.0. The van der Waals surface area contributed by atoms with Crippen molar-refractivity contribution in [3.63, 3.8) is 0 Å². The molecule has 1 aromatic heterocycles. The number of amides is 2. The largest absolute Gasteiger partial charge is 0.507 e. The Morgan fingerprint density at radius 1 is 1.10 bits per heavy atom. The number of nitrogens with two attached hydrogens (primary N) is 1. The van der Waals surface area contributed by atoms with Crippen LogP contribution >= 0.6 is 0 Å². The van der Waals surface area contributed by atoms with Crippen molar-refractivity contribution in [3.05, 3.63) is 71.4 Å². The number of carbonyl (C=O) groups excluding carboxylic acids is 1. The average molecular weight is 546 g/mol. The first kappa shape index (κ1) is 28.9. The molecule has 2 aromatic carbocycles. The second kappa shape index (κ2) is 11.9. The number of nitrogen functional groups attached to an aromatic ring is 1. The number of nitrogens with zero attached hydrogens (tertiary/aromatic N) is 4.